The van der Waals surface area contributed by atoms with Gasteiger partial charge in [0.2, 0.25) is 10.0 Å². The molecule has 0 radical (unpaired) electrons. The summed E-state index contributed by atoms with van der Waals surface area (Å²) in [5.41, 5.74) is 4.70. The molecule has 6 nitrogen and oxygen atoms in total. The van der Waals surface area contributed by atoms with Crippen molar-refractivity contribution in [1.82, 2.24) is 9.29 Å². The summed E-state index contributed by atoms with van der Waals surface area (Å²) < 4.78 is 31.1. The number of benzene rings is 1. The SMILES string of the molecule is CCOC(=O)c1[nH]c(C)c(CN(Cc2ccc(C)cc2)S(C)(=O)=O)c1C. The normalized spacial score (nSPS) is 11.8. The first-order chi connectivity index (χ1) is 12.1. The average Bonchev–Trinajstić information content (AvgIpc) is 2.83. The first kappa shape index (κ1) is 20.2. The Hall–Kier alpha value is -2.12. The lowest BCUT2D eigenvalue weighted by Crippen LogP contribution is -2.29. The van der Waals surface area contributed by atoms with Gasteiger partial charge in [-0.2, -0.15) is 4.31 Å². The number of rotatable bonds is 7. The quantitative estimate of drug-likeness (QED) is 0.751. The largest absolute Gasteiger partial charge is 0.461 e. The van der Waals surface area contributed by atoms with Gasteiger partial charge in [0.25, 0.3) is 0 Å². The Morgan fingerprint density at radius 2 is 1.73 bits per heavy atom. The van der Waals surface area contributed by atoms with Crippen molar-refractivity contribution in [3.05, 3.63) is 57.9 Å². The standard InChI is InChI=1S/C19H26N2O4S/c1-6-25-19(22)18-14(3)17(15(4)20-18)12-21(26(5,23)24)11-16-9-7-13(2)8-10-16/h7-10,20H,6,11-12H2,1-5H3. The van der Waals surface area contributed by atoms with Gasteiger partial charge >= 0.3 is 5.97 Å². The number of carbonyl (C=O) groups excluding carboxylic acids is 1. The van der Waals surface area contributed by atoms with Crippen molar-refractivity contribution < 1.29 is 17.9 Å². The van der Waals surface area contributed by atoms with Gasteiger partial charge in [-0.15, -0.1) is 0 Å². The second kappa shape index (κ2) is 8.05. The summed E-state index contributed by atoms with van der Waals surface area (Å²) in [6.07, 6.45) is 1.20. The number of hydrogen-bond donors (Lipinski definition) is 1. The van der Waals surface area contributed by atoms with E-state index >= 15 is 0 Å². The van der Waals surface area contributed by atoms with E-state index in [9.17, 15) is 13.2 Å². The van der Waals surface area contributed by atoms with Crippen LogP contribution in [0.5, 0.6) is 0 Å². The molecule has 0 aliphatic carbocycles. The van der Waals surface area contributed by atoms with Gasteiger partial charge in [0.05, 0.1) is 12.9 Å². The smallest absolute Gasteiger partial charge is 0.355 e. The van der Waals surface area contributed by atoms with E-state index in [-0.39, 0.29) is 19.7 Å². The fraction of sp³-hybridized carbons (Fsp3) is 0.421. The van der Waals surface area contributed by atoms with E-state index in [0.29, 0.717) is 5.69 Å². The molecule has 2 aromatic rings. The predicted molar refractivity (Wildman–Crippen MR) is 101 cm³/mol. The summed E-state index contributed by atoms with van der Waals surface area (Å²) in [4.78, 5) is 15.1. The third kappa shape index (κ3) is 4.74. The van der Waals surface area contributed by atoms with Crippen LogP contribution in [0.2, 0.25) is 0 Å². The molecule has 0 saturated heterocycles. The van der Waals surface area contributed by atoms with Crippen LogP contribution < -0.4 is 0 Å². The molecule has 0 amide bonds. The highest BCUT2D eigenvalue weighted by molar-refractivity contribution is 7.88. The predicted octanol–water partition coefficient (Wildman–Crippen LogP) is 3.08. The van der Waals surface area contributed by atoms with Gasteiger partial charge in [-0.25, -0.2) is 13.2 Å². The van der Waals surface area contributed by atoms with Gasteiger partial charge in [0.15, 0.2) is 0 Å². The molecule has 0 fully saturated rings. The van der Waals surface area contributed by atoms with E-state index in [2.05, 4.69) is 4.98 Å². The maximum atomic E-state index is 12.3. The van der Waals surface area contributed by atoms with Gasteiger partial charge < -0.3 is 9.72 Å². The minimum atomic E-state index is -3.42. The van der Waals surface area contributed by atoms with Crippen LogP contribution in [-0.4, -0.2) is 36.5 Å². The molecule has 1 aromatic carbocycles. The average molecular weight is 378 g/mol. The molecule has 0 unspecified atom stereocenters. The number of aromatic nitrogens is 1. The van der Waals surface area contributed by atoms with E-state index in [1.54, 1.807) is 13.8 Å². The van der Waals surface area contributed by atoms with Crippen molar-refractivity contribution in [3.63, 3.8) is 0 Å². The lowest BCUT2D eigenvalue weighted by Gasteiger charge is -2.21. The second-order valence-corrected chi connectivity index (χ2v) is 8.45. The first-order valence-corrected chi connectivity index (χ1v) is 10.3. The molecule has 0 atom stereocenters. The lowest BCUT2D eigenvalue weighted by molar-refractivity contribution is 0.0519. The molecule has 26 heavy (non-hydrogen) atoms. The molecule has 1 heterocycles. The second-order valence-electron chi connectivity index (χ2n) is 6.47. The Bertz CT molecular complexity index is 883. The van der Waals surface area contributed by atoms with Crippen molar-refractivity contribution >= 4 is 16.0 Å². The zero-order chi connectivity index (χ0) is 19.5. The van der Waals surface area contributed by atoms with Crippen molar-refractivity contribution in [2.45, 2.75) is 40.8 Å². The highest BCUT2D eigenvalue weighted by Gasteiger charge is 2.24. The number of nitrogens with zero attached hydrogens (tertiary/aromatic N) is 1. The molecular weight excluding hydrogens is 352 g/mol. The van der Waals surface area contributed by atoms with Crippen LogP contribution in [0.4, 0.5) is 0 Å². The van der Waals surface area contributed by atoms with Crippen molar-refractivity contribution in [1.29, 1.82) is 0 Å². The number of ether oxygens (including phenoxy) is 1. The first-order valence-electron chi connectivity index (χ1n) is 8.49. The number of nitrogens with one attached hydrogen (secondary N) is 1. The van der Waals surface area contributed by atoms with Gasteiger partial charge in [0.1, 0.15) is 5.69 Å². The van der Waals surface area contributed by atoms with Crippen LogP contribution in [-0.2, 0) is 27.8 Å². The summed E-state index contributed by atoms with van der Waals surface area (Å²) >= 11 is 0. The Balaban J connectivity index is 2.32. The molecule has 1 aromatic heterocycles. The highest BCUT2D eigenvalue weighted by Crippen LogP contribution is 2.23. The van der Waals surface area contributed by atoms with Gasteiger partial charge in [-0.05, 0) is 44.4 Å². The summed E-state index contributed by atoms with van der Waals surface area (Å²) in [5, 5.41) is 0. The third-order valence-corrected chi connectivity index (χ3v) is 5.55. The van der Waals surface area contributed by atoms with Crippen LogP contribution in [0.25, 0.3) is 0 Å². The van der Waals surface area contributed by atoms with E-state index in [1.165, 1.54) is 10.6 Å². The van der Waals surface area contributed by atoms with E-state index in [4.69, 9.17) is 4.74 Å². The van der Waals surface area contributed by atoms with Crippen LogP contribution in [0.1, 0.15) is 45.4 Å². The van der Waals surface area contributed by atoms with Crippen LogP contribution in [0, 0.1) is 20.8 Å². The van der Waals surface area contributed by atoms with Gasteiger partial charge in [-0.3, -0.25) is 0 Å². The molecule has 2 rings (SSSR count). The van der Waals surface area contributed by atoms with Crippen molar-refractivity contribution in [2.24, 2.45) is 0 Å². The maximum Gasteiger partial charge on any atom is 0.355 e. The van der Waals surface area contributed by atoms with Gasteiger partial charge in [-0.1, -0.05) is 29.8 Å². The highest BCUT2D eigenvalue weighted by atomic mass is 32.2. The Labute approximate surface area is 155 Å². The van der Waals surface area contributed by atoms with E-state index < -0.39 is 16.0 Å². The molecule has 7 heteroatoms. The molecule has 142 valence electrons. The van der Waals surface area contributed by atoms with Crippen LogP contribution in [0.3, 0.4) is 0 Å². The Kier molecular flexibility index (Phi) is 6.26. The van der Waals surface area contributed by atoms with E-state index in [0.717, 1.165) is 27.9 Å². The number of esters is 1. The molecular formula is C19H26N2O4S. The molecule has 0 saturated carbocycles. The monoisotopic (exact) mass is 378 g/mol. The summed E-state index contributed by atoms with van der Waals surface area (Å²) in [6.45, 7) is 8.13. The number of aryl methyl sites for hydroxylation is 2. The number of aromatic amines is 1. The van der Waals surface area contributed by atoms with Gasteiger partial charge in [0, 0.05) is 18.8 Å². The fourth-order valence-corrected chi connectivity index (χ4v) is 3.54. The Morgan fingerprint density at radius 1 is 1.12 bits per heavy atom. The number of hydrogen-bond acceptors (Lipinski definition) is 4. The number of H-pyrrole nitrogens is 1. The van der Waals surface area contributed by atoms with Crippen molar-refractivity contribution in [3.8, 4) is 0 Å². The minimum Gasteiger partial charge on any atom is -0.461 e. The van der Waals surface area contributed by atoms with Crippen LogP contribution in [0.15, 0.2) is 24.3 Å². The van der Waals surface area contributed by atoms with Crippen molar-refractivity contribution in [2.75, 3.05) is 12.9 Å². The lowest BCUT2D eigenvalue weighted by atomic mass is 10.1. The topological polar surface area (TPSA) is 79.5 Å². The minimum absolute atomic E-state index is 0.195. The zero-order valence-corrected chi connectivity index (χ0v) is 16.7. The number of sulfonamides is 1. The summed E-state index contributed by atoms with van der Waals surface area (Å²) in [7, 11) is -3.42. The maximum absolute atomic E-state index is 12.3. The van der Waals surface area contributed by atoms with Crippen LogP contribution >= 0.6 is 0 Å². The Morgan fingerprint density at radius 3 is 2.27 bits per heavy atom. The summed E-state index contributed by atoms with van der Waals surface area (Å²) in [6, 6.07) is 7.77. The molecule has 0 aliphatic heterocycles. The zero-order valence-electron chi connectivity index (χ0n) is 15.9. The fourth-order valence-electron chi connectivity index (χ4n) is 2.80. The third-order valence-electron chi connectivity index (χ3n) is 4.36. The molecule has 0 bridgehead atoms. The summed E-state index contributed by atoms with van der Waals surface area (Å²) in [5.74, 6) is -0.427. The molecule has 0 aliphatic rings. The number of carbonyl (C=O) groups is 1. The van der Waals surface area contributed by atoms with E-state index in [1.807, 2.05) is 38.1 Å². The molecule has 1 N–H and O–H groups in total. The molecule has 0 spiro atoms.